The van der Waals surface area contributed by atoms with Crippen LogP contribution in [0.1, 0.15) is 39.5 Å². The van der Waals surface area contributed by atoms with Gasteiger partial charge in [-0.15, -0.1) is 0 Å². The minimum atomic E-state index is -0.857. The summed E-state index contributed by atoms with van der Waals surface area (Å²) >= 11 is 0. The highest BCUT2D eigenvalue weighted by Gasteiger charge is 2.22. The van der Waals surface area contributed by atoms with Crippen LogP contribution in [0.3, 0.4) is 0 Å². The van der Waals surface area contributed by atoms with Gasteiger partial charge in [-0.25, -0.2) is 0 Å². The molecule has 1 amide bonds. The number of hydrogen-bond donors (Lipinski definition) is 2. The minimum absolute atomic E-state index is 0.0148. The molecule has 5 nitrogen and oxygen atoms in total. The van der Waals surface area contributed by atoms with Gasteiger partial charge in [0.25, 0.3) is 0 Å². The Kier molecular flexibility index (Phi) is 6.12. The topological polar surface area (TPSA) is 75.6 Å². The number of nitrogens with one attached hydrogen (secondary N) is 1. The van der Waals surface area contributed by atoms with Crippen LogP contribution < -0.4 is 5.32 Å². The van der Waals surface area contributed by atoms with Gasteiger partial charge >= 0.3 is 5.97 Å². The summed E-state index contributed by atoms with van der Waals surface area (Å²) in [7, 11) is 0. The van der Waals surface area contributed by atoms with Gasteiger partial charge in [0.2, 0.25) is 5.91 Å². The van der Waals surface area contributed by atoms with Crippen LogP contribution in [0.4, 0.5) is 0 Å². The molecule has 1 fully saturated rings. The van der Waals surface area contributed by atoms with E-state index < -0.39 is 11.9 Å². The number of rotatable bonds is 7. The Morgan fingerprint density at radius 1 is 1.44 bits per heavy atom. The summed E-state index contributed by atoms with van der Waals surface area (Å²) in [6.07, 6.45) is 3.44. The molecule has 0 bridgehead atoms. The van der Waals surface area contributed by atoms with Crippen molar-refractivity contribution < 1.29 is 19.4 Å². The fourth-order valence-corrected chi connectivity index (χ4v) is 2.08. The van der Waals surface area contributed by atoms with Crippen LogP contribution in [-0.2, 0) is 14.3 Å². The molecule has 2 atom stereocenters. The van der Waals surface area contributed by atoms with Crippen LogP contribution in [0, 0.1) is 11.8 Å². The van der Waals surface area contributed by atoms with Gasteiger partial charge in [0, 0.05) is 19.6 Å². The monoisotopic (exact) mass is 257 g/mol. The first-order valence-corrected chi connectivity index (χ1v) is 6.61. The third kappa shape index (κ3) is 5.04. The van der Waals surface area contributed by atoms with Gasteiger partial charge in [-0.3, -0.25) is 9.59 Å². The Balaban J connectivity index is 2.20. The van der Waals surface area contributed by atoms with Crippen molar-refractivity contribution in [1.82, 2.24) is 5.32 Å². The molecule has 1 aliphatic heterocycles. The first-order chi connectivity index (χ1) is 8.50. The zero-order valence-electron chi connectivity index (χ0n) is 11.1. The van der Waals surface area contributed by atoms with E-state index in [1.807, 2.05) is 13.8 Å². The van der Waals surface area contributed by atoms with Gasteiger partial charge in [0.15, 0.2) is 0 Å². The molecule has 1 aliphatic rings. The Labute approximate surface area is 108 Å². The maximum atomic E-state index is 11.6. The molecule has 1 heterocycles. The predicted molar refractivity (Wildman–Crippen MR) is 67.2 cm³/mol. The highest BCUT2D eigenvalue weighted by molar-refractivity contribution is 5.77. The second-order valence-corrected chi connectivity index (χ2v) is 5.17. The summed E-state index contributed by atoms with van der Waals surface area (Å²) in [6, 6.07) is 0. The van der Waals surface area contributed by atoms with E-state index in [2.05, 4.69) is 5.32 Å². The van der Waals surface area contributed by atoms with Gasteiger partial charge < -0.3 is 15.2 Å². The lowest BCUT2D eigenvalue weighted by molar-refractivity contribution is -0.143. The van der Waals surface area contributed by atoms with Crippen LogP contribution in [0.2, 0.25) is 0 Å². The standard InChI is InChI=1S/C13H23NO4/c1-9(2)11(13(16)17)8-14-12(15)6-5-10-4-3-7-18-10/h9-11H,3-8H2,1-2H3,(H,14,15)(H,16,17). The molecule has 0 aromatic carbocycles. The van der Waals surface area contributed by atoms with Crippen molar-refractivity contribution in [3.8, 4) is 0 Å². The molecule has 0 spiro atoms. The van der Waals surface area contributed by atoms with Crippen LogP contribution in [0.15, 0.2) is 0 Å². The van der Waals surface area contributed by atoms with Crippen molar-refractivity contribution in [2.75, 3.05) is 13.2 Å². The van der Waals surface area contributed by atoms with E-state index >= 15 is 0 Å². The molecule has 1 rings (SSSR count). The number of ether oxygens (including phenoxy) is 1. The highest BCUT2D eigenvalue weighted by Crippen LogP contribution is 2.16. The molecule has 2 N–H and O–H groups in total. The largest absolute Gasteiger partial charge is 0.481 e. The van der Waals surface area contributed by atoms with E-state index in [-0.39, 0.29) is 24.5 Å². The molecule has 0 aromatic rings. The van der Waals surface area contributed by atoms with E-state index in [0.29, 0.717) is 6.42 Å². The number of carboxylic acid groups (broad SMARTS) is 1. The predicted octanol–water partition coefficient (Wildman–Crippen LogP) is 1.42. The van der Waals surface area contributed by atoms with Gasteiger partial charge in [0.05, 0.1) is 12.0 Å². The van der Waals surface area contributed by atoms with E-state index in [1.54, 1.807) is 0 Å². The number of carboxylic acids is 1. The van der Waals surface area contributed by atoms with Crippen molar-refractivity contribution >= 4 is 11.9 Å². The summed E-state index contributed by atoms with van der Waals surface area (Å²) in [5, 5.41) is 11.7. The van der Waals surface area contributed by atoms with Gasteiger partial charge in [-0.1, -0.05) is 13.8 Å². The van der Waals surface area contributed by atoms with E-state index in [0.717, 1.165) is 25.9 Å². The van der Waals surface area contributed by atoms with E-state index in [1.165, 1.54) is 0 Å². The SMILES string of the molecule is CC(C)C(CNC(=O)CCC1CCCO1)C(=O)O. The molecule has 1 saturated heterocycles. The van der Waals surface area contributed by atoms with E-state index in [9.17, 15) is 9.59 Å². The number of hydrogen-bond acceptors (Lipinski definition) is 3. The second kappa shape index (κ2) is 7.36. The van der Waals surface area contributed by atoms with Crippen molar-refractivity contribution in [2.45, 2.75) is 45.6 Å². The van der Waals surface area contributed by atoms with Crippen molar-refractivity contribution in [3.05, 3.63) is 0 Å². The average molecular weight is 257 g/mol. The normalized spacial score (nSPS) is 20.9. The molecule has 5 heteroatoms. The molecule has 0 saturated carbocycles. The van der Waals surface area contributed by atoms with Gasteiger partial charge in [-0.05, 0) is 25.2 Å². The maximum Gasteiger partial charge on any atom is 0.308 e. The molecule has 0 radical (unpaired) electrons. The lowest BCUT2D eigenvalue weighted by atomic mass is 9.96. The first-order valence-electron chi connectivity index (χ1n) is 6.61. The van der Waals surface area contributed by atoms with Crippen molar-refractivity contribution in [2.24, 2.45) is 11.8 Å². The fourth-order valence-electron chi connectivity index (χ4n) is 2.08. The highest BCUT2D eigenvalue weighted by atomic mass is 16.5. The summed E-state index contributed by atoms with van der Waals surface area (Å²) in [5.74, 6) is -1.44. The van der Waals surface area contributed by atoms with Gasteiger partial charge in [0.1, 0.15) is 0 Å². The lowest BCUT2D eigenvalue weighted by Crippen LogP contribution is -2.35. The zero-order chi connectivity index (χ0) is 13.5. The maximum absolute atomic E-state index is 11.6. The van der Waals surface area contributed by atoms with E-state index in [4.69, 9.17) is 9.84 Å². The summed E-state index contributed by atoms with van der Waals surface area (Å²) in [4.78, 5) is 22.5. The number of carbonyl (C=O) groups excluding carboxylic acids is 1. The first kappa shape index (κ1) is 15.0. The Morgan fingerprint density at radius 2 is 2.17 bits per heavy atom. The van der Waals surface area contributed by atoms with Crippen LogP contribution in [0.5, 0.6) is 0 Å². The molecule has 104 valence electrons. The Bertz CT molecular complexity index is 285. The molecule has 2 unspecified atom stereocenters. The minimum Gasteiger partial charge on any atom is -0.481 e. The van der Waals surface area contributed by atoms with Crippen LogP contribution in [-0.4, -0.2) is 36.2 Å². The van der Waals surface area contributed by atoms with Crippen molar-refractivity contribution in [3.63, 3.8) is 0 Å². The third-order valence-electron chi connectivity index (χ3n) is 3.36. The lowest BCUT2D eigenvalue weighted by Gasteiger charge is -2.17. The molecule has 0 aliphatic carbocycles. The average Bonchev–Trinajstić information content (AvgIpc) is 2.78. The Hall–Kier alpha value is -1.10. The zero-order valence-corrected chi connectivity index (χ0v) is 11.1. The fraction of sp³-hybridized carbons (Fsp3) is 0.846. The van der Waals surface area contributed by atoms with Crippen molar-refractivity contribution in [1.29, 1.82) is 0 Å². The van der Waals surface area contributed by atoms with Crippen LogP contribution >= 0.6 is 0 Å². The molecule has 18 heavy (non-hydrogen) atoms. The summed E-state index contributed by atoms with van der Waals surface area (Å²) in [6.45, 7) is 4.69. The molecular formula is C13H23NO4. The van der Waals surface area contributed by atoms with Crippen LogP contribution in [0.25, 0.3) is 0 Å². The summed E-state index contributed by atoms with van der Waals surface area (Å²) < 4.78 is 5.43. The number of amides is 1. The second-order valence-electron chi connectivity index (χ2n) is 5.17. The number of aliphatic carboxylic acids is 1. The summed E-state index contributed by atoms with van der Waals surface area (Å²) in [5.41, 5.74) is 0. The molecule has 0 aromatic heterocycles. The number of carbonyl (C=O) groups is 2. The quantitative estimate of drug-likeness (QED) is 0.723. The van der Waals surface area contributed by atoms with Gasteiger partial charge in [-0.2, -0.15) is 0 Å². The Morgan fingerprint density at radius 3 is 2.67 bits per heavy atom. The third-order valence-corrected chi connectivity index (χ3v) is 3.36. The molecular weight excluding hydrogens is 234 g/mol. The smallest absolute Gasteiger partial charge is 0.308 e.